The topological polar surface area (TPSA) is 47.9 Å². The molecule has 5 heteroatoms. The van der Waals surface area contributed by atoms with Crippen LogP contribution in [0.4, 0.5) is 4.39 Å². The average Bonchev–Trinajstić information content (AvgIpc) is 2.94. The van der Waals surface area contributed by atoms with Crippen molar-refractivity contribution in [3.63, 3.8) is 0 Å². The fourth-order valence-corrected chi connectivity index (χ4v) is 2.73. The van der Waals surface area contributed by atoms with Crippen LogP contribution in [0.15, 0.2) is 36.4 Å². The van der Waals surface area contributed by atoms with Crippen molar-refractivity contribution in [3.8, 4) is 17.2 Å². The van der Waals surface area contributed by atoms with Crippen molar-refractivity contribution in [1.82, 2.24) is 0 Å². The summed E-state index contributed by atoms with van der Waals surface area (Å²) in [5.74, 6) is 1.36. The maximum Gasteiger partial charge on any atom is 0.231 e. The van der Waals surface area contributed by atoms with Gasteiger partial charge in [0.25, 0.3) is 0 Å². The van der Waals surface area contributed by atoms with Gasteiger partial charge in [0.15, 0.2) is 11.5 Å². The highest BCUT2D eigenvalue weighted by molar-refractivity contribution is 5.46. The smallest absolute Gasteiger partial charge is 0.231 e. The summed E-state index contributed by atoms with van der Waals surface area (Å²) in [6, 6.07) is 9.71. The second-order valence-electron chi connectivity index (χ2n) is 5.15. The Kier molecular flexibility index (Phi) is 2.75. The Morgan fingerprint density at radius 2 is 1.86 bits per heavy atom. The summed E-state index contributed by atoms with van der Waals surface area (Å²) >= 11 is 0. The summed E-state index contributed by atoms with van der Waals surface area (Å²) in [4.78, 5) is 0. The molecular weight excluding hydrogens is 275 g/mol. The van der Waals surface area contributed by atoms with Crippen LogP contribution in [-0.2, 0) is 0 Å². The van der Waals surface area contributed by atoms with E-state index in [-0.39, 0.29) is 18.7 Å². The maximum atomic E-state index is 13.3. The zero-order valence-electron chi connectivity index (χ0n) is 11.1. The summed E-state index contributed by atoms with van der Waals surface area (Å²) < 4.78 is 29.8. The van der Waals surface area contributed by atoms with Crippen molar-refractivity contribution < 1.29 is 23.7 Å². The number of fused-ring (bicyclic) bond motifs is 2. The van der Waals surface area contributed by atoms with Gasteiger partial charge in [0, 0.05) is 18.1 Å². The lowest BCUT2D eigenvalue weighted by Gasteiger charge is -2.30. The van der Waals surface area contributed by atoms with Crippen molar-refractivity contribution in [1.29, 1.82) is 0 Å². The van der Waals surface area contributed by atoms with Gasteiger partial charge < -0.3 is 19.3 Å². The standard InChI is InChI=1S/C16H13FO4/c17-10-2-3-11-12(18)7-14(21-15(11)6-10)9-1-4-13-16(5-9)20-8-19-13/h1-6,12,14,18H,7-8H2/t12-,14?/m1/s1. The van der Waals surface area contributed by atoms with E-state index in [0.717, 1.165) is 5.56 Å². The summed E-state index contributed by atoms with van der Waals surface area (Å²) in [6.07, 6.45) is -0.605. The van der Waals surface area contributed by atoms with E-state index in [1.165, 1.54) is 12.1 Å². The molecule has 0 spiro atoms. The molecule has 2 aliphatic heterocycles. The van der Waals surface area contributed by atoms with Gasteiger partial charge in [0.1, 0.15) is 17.7 Å². The molecule has 2 heterocycles. The predicted octanol–water partition coefficient (Wildman–Crippen LogP) is 3.11. The van der Waals surface area contributed by atoms with Crippen molar-refractivity contribution in [2.24, 2.45) is 0 Å². The van der Waals surface area contributed by atoms with Crippen LogP contribution in [0.3, 0.4) is 0 Å². The van der Waals surface area contributed by atoms with E-state index in [0.29, 0.717) is 29.2 Å². The zero-order chi connectivity index (χ0) is 14.4. The van der Waals surface area contributed by atoms with Crippen LogP contribution in [0.2, 0.25) is 0 Å². The van der Waals surface area contributed by atoms with E-state index in [1.54, 1.807) is 6.07 Å². The Morgan fingerprint density at radius 3 is 2.76 bits per heavy atom. The highest BCUT2D eigenvalue weighted by atomic mass is 19.1. The Hall–Kier alpha value is -2.27. The normalized spacial score (nSPS) is 22.6. The van der Waals surface area contributed by atoms with Gasteiger partial charge in [0.05, 0.1) is 6.10 Å². The van der Waals surface area contributed by atoms with Crippen molar-refractivity contribution >= 4 is 0 Å². The molecule has 0 radical (unpaired) electrons. The van der Waals surface area contributed by atoms with Gasteiger partial charge in [-0.05, 0) is 29.8 Å². The van der Waals surface area contributed by atoms with Crippen molar-refractivity contribution in [2.75, 3.05) is 6.79 Å². The molecule has 0 fully saturated rings. The molecule has 2 aliphatic rings. The minimum absolute atomic E-state index is 0.209. The Morgan fingerprint density at radius 1 is 1.00 bits per heavy atom. The lowest BCUT2D eigenvalue weighted by atomic mass is 9.95. The first-order valence-electron chi connectivity index (χ1n) is 6.74. The Balaban J connectivity index is 1.68. The van der Waals surface area contributed by atoms with Gasteiger partial charge in [-0.3, -0.25) is 0 Å². The zero-order valence-corrected chi connectivity index (χ0v) is 11.1. The average molecular weight is 288 g/mol. The first-order valence-corrected chi connectivity index (χ1v) is 6.74. The van der Waals surface area contributed by atoms with Crippen molar-refractivity contribution in [2.45, 2.75) is 18.6 Å². The molecule has 2 aromatic rings. The van der Waals surface area contributed by atoms with Gasteiger partial charge in [0.2, 0.25) is 6.79 Å². The Bertz CT molecular complexity index is 701. The minimum Gasteiger partial charge on any atom is -0.485 e. The molecule has 4 rings (SSSR count). The third-order valence-corrected chi connectivity index (χ3v) is 3.81. The van der Waals surface area contributed by atoms with Crippen LogP contribution in [0.25, 0.3) is 0 Å². The van der Waals surface area contributed by atoms with E-state index in [1.807, 2.05) is 18.2 Å². The van der Waals surface area contributed by atoms with Crippen LogP contribution in [0.5, 0.6) is 17.2 Å². The molecule has 2 atom stereocenters. The quantitative estimate of drug-likeness (QED) is 0.876. The molecule has 0 saturated heterocycles. The number of hydrogen-bond acceptors (Lipinski definition) is 4. The molecule has 1 N–H and O–H groups in total. The molecule has 21 heavy (non-hydrogen) atoms. The van der Waals surface area contributed by atoms with Gasteiger partial charge in [-0.15, -0.1) is 0 Å². The number of benzene rings is 2. The van der Waals surface area contributed by atoms with Crippen LogP contribution in [0.1, 0.15) is 29.8 Å². The number of aliphatic hydroxyl groups excluding tert-OH is 1. The number of aliphatic hydroxyl groups is 1. The van der Waals surface area contributed by atoms with E-state index < -0.39 is 6.10 Å². The summed E-state index contributed by atoms with van der Waals surface area (Å²) in [5.41, 5.74) is 1.49. The van der Waals surface area contributed by atoms with Crippen molar-refractivity contribution in [3.05, 3.63) is 53.3 Å². The number of hydrogen-bond donors (Lipinski definition) is 1. The lowest BCUT2D eigenvalue weighted by molar-refractivity contribution is 0.0652. The number of ether oxygens (including phenoxy) is 3. The van der Waals surface area contributed by atoms with E-state index in [9.17, 15) is 9.50 Å². The van der Waals surface area contributed by atoms with Gasteiger partial charge in [-0.25, -0.2) is 4.39 Å². The first kappa shape index (κ1) is 12.5. The Labute approximate surface area is 120 Å². The molecule has 0 aromatic heterocycles. The highest BCUT2D eigenvalue weighted by Crippen LogP contribution is 2.43. The highest BCUT2D eigenvalue weighted by Gasteiger charge is 2.29. The van der Waals surface area contributed by atoms with Crippen LogP contribution < -0.4 is 14.2 Å². The molecule has 1 unspecified atom stereocenters. The predicted molar refractivity (Wildman–Crippen MR) is 71.9 cm³/mol. The van der Waals surface area contributed by atoms with Gasteiger partial charge in [-0.2, -0.15) is 0 Å². The van der Waals surface area contributed by atoms with E-state index >= 15 is 0 Å². The largest absolute Gasteiger partial charge is 0.485 e. The molecule has 2 aromatic carbocycles. The minimum atomic E-state index is -0.676. The SMILES string of the molecule is O[C@@H]1CC(c2ccc3c(c2)OCO3)Oc2cc(F)ccc21. The molecule has 0 saturated carbocycles. The fourth-order valence-electron chi connectivity index (χ4n) is 2.73. The first-order chi connectivity index (χ1) is 10.2. The molecule has 0 aliphatic carbocycles. The van der Waals surface area contributed by atoms with Crippen LogP contribution >= 0.6 is 0 Å². The number of rotatable bonds is 1. The third kappa shape index (κ3) is 2.10. The molecule has 4 nitrogen and oxygen atoms in total. The number of halogens is 1. The second kappa shape index (κ2) is 4.63. The van der Waals surface area contributed by atoms with Crippen LogP contribution in [0, 0.1) is 5.82 Å². The summed E-state index contributed by atoms with van der Waals surface area (Å²) in [6.45, 7) is 0.209. The second-order valence-corrected chi connectivity index (χ2v) is 5.15. The van der Waals surface area contributed by atoms with Crippen LogP contribution in [-0.4, -0.2) is 11.9 Å². The molecular formula is C16H13FO4. The summed E-state index contributed by atoms with van der Waals surface area (Å²) in [7, 11) is 0. The third-order valence-electron chi connectivity index (χ3n) is 3.81. The summed E-state index contributed by atoms with van der Waals surface area (Å²) in [5, 5.41) is 10.2. The fraction of sp³-hybridized carbons (Fsp3) is 0.250. The molecule has 0 bridgehead atoms. The maximum absolute atomic E-state index is 13.3. The lowest BCUT2D eigenvalue weighted by Crippen LogP contribution is -2.19. The monoisotopic (exact) mass is 288 g/mol. The molecule has 108 valence electrons. The van der Waals surface area contributed by atoms with Gasteiger partial charge >= 0.3 is 0 Å². The van der Waals surface area contributed by atoms with E-state index in [2.05, 4.69) is 0 Å². The van der Waals surface area contributed by atoms with E-state index in [4.69, 9.17) is 14.2 Å². The molecule has 0 amide bonds. The van der Waals surface area contributed by atoms with Gasteiger partial charge in [-0.1, -0.05) is 6.07 Å².